The summed E-state index contributed by atoms with van der Waals surface area (Å²) in [5, 5.41) is 16.0. The van der Waals surface area contributed by atoms with Gasteiger partial charge in [-0.3, -0.25) is 0 Å². The third-order valence-corrected chi connectivity index (χ3v) is 2.45. The van der Waals surface area contributed by atoms with Gasteiger partial charge in [-0.05, 0) is 12.0 Å². The van der Waals surface area contributed by atoms with Gasteiger partial charge in [0.25, 0.3) is 0 Å². The van der Waals surface area contributed by atoms with Crippen LogP contribution in [0.5, 0.6) is 0 Å². The highest BCUT2D eigenvalue weighted by atomic mass is 16.4. The molecule has 0 radical (unpaired) electrons. The van der Waals surface area contributed by atoms with Crippen LogP contribution in [0.25, 0.3) is 5.82 Å². The standard InChI is InChI=1S/C11H14N6O/c1-7(2)8-3-6-17(15-8)11-9(10(12)16-18)13-4-5-14-11/h3-7,18H,1-2H3,(H2,12,16). The first-order valence-electron chi connectivity index (χ1n) is 5.48. The number of amidine groups is 1. The second-order valence-electron chi connectivity index (χ2n) is 4.05. The zero-order valence-electron chi connectivity index (χ0n) is 10.1. The molecule has 0 saturated heterocycles. The summed E-state index contributed by atoms with van der Waals surface area (Å²) in [6.45, 7) is 4.10. The van der Waals surface area contributed by atoms with Crippen LogP contribution in [0.3, 0.4) is 0 Å². The maximum absolute atomic E-state index is 8.72. The fraction of sp³-hybridized carbons (Fsp3) is 0.273. The number of aromatic nitrogens is 4. The van der Waals surface area contributed by atoms with Gasteiger partial charge in [0.1, 0.15) is 0 Å². The molecule has 0 atom stereocenters. The number of oxime groups is 1. The van der Waals surface area contributed by atoms with Crippen LogP contribution in [0.1, 0.15) is 31.2 Å². The normalized spacial score (nSPS) is 12.1. The van der Waals surface area contributed by atoms with Crippen LogP contribution < -0.4 is 5.73 Å². The van der Waals surface area contributed by atoms with Crippen molar-refractivity contribution < 1.29 is 5.21 Å². The zero-order chi connectivity index (χ0) is 13.1. The van der Waals surface area contributed by atoms with E-state index in [0.717, 1.165) is 5.69 Å². The molecule has 7 nitrogen and oxygen atoms in total. The fourth-order valence-electron chi connectivity index (χ4n) is 1.49. The predicted octanol–water partition coefficient (Wildman–Crippen LogP) is 0.880. The van der Waals surface area contributed by atoms with Crippen LogP contribution >= 0.6 is 0 Å². The van der Waals surface area contributed by atoms with Crippen molar-refractivity contribution >= 4 is 5.84 Å². The molecule has 94 valence electrons. The minimum atomic E-state index is -0.0975. The lowest BCUT2D eigenvalue weighted by molar-refractivity contribution is 0.318. The van der Waals surface area contributed by atoms with E-state index in [2.05, 4.69) is 20.2 Å². The van der Waals surface area contributed by atoms with E-state index >= 15 is 0 Å². The van der Waals surface area contributed by atoms with Gasteiger partial charge in [0, 0.05) is 18.6 Å². The Morgan fingerprint density at radius 1 is 1.39 bits per heavy atom. The molecule has 2 aromatic heterocycles. The molecule has 2 aromatic rings. The van der Waals surface area contributed by atoms with E-state index in [1.165, 1.54) is 12.4 Å². The van der Waals surface area contributed by atoms with Crippen LogP contribution in [-0.2, 0) is 0 Å². The molecule has 0 fully saturated rings. The van der Waals surface area contributed by atoms with Crippen molar-refractivity contribution in [2.24, 2.45) is 10.9 Å². The van der Waals surface area contributed by atoms with E-state index in [1.807, 2.05) is 19.9 Å². The Balaban J connectivity index is 2.50. The Morgan fingerprint density at radius 3 is 2.72 bits per heavy atom. The van der Waals surface area contributed by atoms with E-state index < -0.39 is 0 Å². The van der Waals surface area contributed by atoms with Gasteiger partial charge < -0.3 is 10.9 Å². The summed E-state index contributed by atoms with van der Waals surface area (Å²) in [6, 6.07) is 1.90. The summed E-state index contributed by atoms with van der Waals surface area (Å²) in [6.07, 6.45) is 4.78. The molecule has 0 amide bonds. The maximum Gasteiger partial charge on any atom is 0.192 e. The van der Waals surface area contributed by atoms with E-state index in [0.29, 0.717) is 17.4 Å². The SMILES string of the molecule is CC(C)c1ccn(-c2nccnc2/C(N)=N/O)n1. The molecule has 0 bridgehead atoms. The van der Waals surface area contributed by atoms with E-state index in [9.17, 15) is 0 Å². The van der Waals surface area contributed by atoms with Gasteiger partial charge >= 0.3 is 0 Å². The van der Waals surface area contributed by atoms with Gasteiger partial charge in [0.2, 0.25) is 0 Å². The summed E-state index contributed by atoms with van der Waals surface area (Å²) in [4.78, 5) is 8.20. The van der Waals surface area contributed by atoms with E-state index in [1.54, 1.807) is 10.9 Å². The van der Waals surface area contributed by atoms with Gasteiger partial charge in [-0.25, -0.2) is 14.6 Å². The van der Waals surface area contributed by atoms with E-state index in [4.69, 9.17) is 10.9 Å². The van der Waals surface area contributed by atoms with Crippen LogP contribution in [0.2, 0.25) is 0 Å². The number of nitrogens with zero attached hydrogens (tertiary/aromatic N) is 5. The first-order valence-corrected chi connectivity index (χ1v) is 5.48. The molecule has 3 N–H and O–H groups in total. The van der Waals surface area contributed by atoms with E-state index in [-0.39, 0.29) is 5.84 Å². The summed E-state index contributed by atoms with van der Waals surface area (Å²) >= 11 is 0. The van der Waals surface area contributed by atoms with Gasteiger partial charge in [-0.15, -0.1) is 0 Å². The Labute approximate surface area is 104 Å². The average Bonchev–Trinajstić information content (AvgIpc) is 2.87. The Kier molecular flexibility index (Phi) is 3.22. The van der Waals surface area contributed by atoms with Gasteiger partial charge in [0.05, 0.1) is 5.69 Å². The molecule has 0 aliphatic carbocycles. The van der Waals surface area contributed by atoms with Crippen molar-refractivity contribution in [3.63, 3.8) is 0 Å². The minimum absolute atomic E-state index is 0.0975. The lowest BCUT2D eigenvalue weighted by atomic mass is 10.1. The topological polar surface area (TPSA) is 102 Å². The zero-order valence-corrected chi connectivity index (χ0v) is 10.1. The quantitative estimate of drug-likeness (QED) is 0.362. The van der Waals surface area contributed by atoms with Crippen LogP contribution in [0.15, 0.2) is 29.8 Å². The fourth-order valence-corrected chi connectivity index (χ4v) is 1.49. The smallest absolute Gasteiger partial charge is 0.192 e. The van der Waals surface area contributed by atoms with Crippen LogP contribution in [0, 0.1) is 0 Å². The molecule has 2 rings (SSSR count). The molecule has 2 heterocycles. The summed E-state index contributed by atoms with van der Waals surface area (Å²) in [5.41, 5.74) is 6.78. The second kappa shape index (κ2) is 4.82. The molecule has 0 saturated carbocycles. The van der Waals surface area contributed by atoms with Crippen molar-refractivity contribution in [2.45, 2.75) is 19.8 Å². The number of hydrogen-bond donors (Lipinski definition) is 2. The molecule has 18 heavy (non-hydrogen) atoms. The number of hydrogen-bond acceptors (Lipinski definition) is 5. The maximum atomic E-state index is 8.72. The van der Waals surface area contributed by atoms with Crippen molar-refractivity contribution in [1.82, 2.24) is 19.7 Å². The summed E-state index contributed by atoms with van der Waals surface area (Å²) in [7, 11) is 0. The third kappa shape index (κ3) is 2.15. The first kappa shape index (κ1) is 12.0. The predicted molar refractivity (Wildman–Crippen MR) is 65.8 cm³/mol. The largest absolute Gasteiger partial charge is 0.409 e. The molecule has 0 spiro atoms. The lowest BCUT2D eigenvalue weighted by Gasteiger charge is -2.05. The molecule has 0 aromatic carbocycles. The lowest BCUT2D eigenvalue weighted by Crippen LogP contribution is -2.19. The molecule has 0 aliphatic heterocycles. The Bertz CT molecular complexity index is 574. The van der Waals surface area contributed by atoms with Crippen molar-refractivity contribution in [3.8, 4) is 5.82 Å². The van der Waals surface area contributed by atoms with Crippen molar-refractivity contribution in [1.29, 1.82) is 0 Å². The van der Waals surface area contributed by atoms with Gasteiger partial charge in [0.15, 0.2) is 17.3 Å². The molecular weight excluding hydrogens is 232 g/mol. The van der Waals surface area contributed by atoms with Gasteiger partial charge in [-0.2, -0.15) is 5.10 Å². The highest BCUT2D eigenvalue weighted by Crippen LogP contribution is 2.14. The molecular formula is C11H14N6O. The molecule has 0 aliphatic rings. The first-order chi connectivity index (χ1) is 8.63. The van der Waals surface area contributed by atoms with Crippen molar-refractivity contribution in [2.75, 3.05) is 0 Å². The average molecular weight is 246 g/mol. The number of nitrogens with two attached hydrogens (primary N) is 1. The minimum Gasteiger partial charge on any atom is -0.409 e. The highest BCUT2D eigenvalue weighted by Gasteiger charge is 2.13. The van der Waals surface area contributed by atoms with Gasteiger partial charge in [-0.1, -0.05) is 19.0 Å². The van der Waals surface area contributed by atoms with Crippen LogP contribution in [-0.4, -0.2) is 30.8 Å². The Hall–Kier alpha value is -2.44. The number of rotatable bonds is 3. The summed E-state index contributed by atoms with van der Waals surface area (Å²) in [5.74, 6) is 0.648. The third-order valence-electron chi connectivity index (χ3n) is 2.45. The highest BCUT2D eigenvalue weighted by molar-refractivity contribution is 5.97. The molecule has 7 heteroatoms. The summed E-state index contributed by atoms with van der Waals surface area (Å²) < 4.78 is 1.57. The van der Waals surface area contributed by atoms with Crippen LogP contribution in [0.4, 0.5) is 0 Å². The molecule has 0 unspecified atom stereocenters. The van der Waals surface area contributed by atoms with Crippen molar-refractivity contribution in [3.05, 3.63) is 36.0 Å². The Morgan fingerprint density at radius 2 is 2.11 bits per heavy atom. The second-order valence-corrected chi connectivity index (χ2v) is 4.05. The monoisotopic (exact) mass is 246 g/mol.